The van der Waals surface area contributed by atoms with Crippen LogP contribution < -0.4 is 16.4 Å². The van der Waals surface area contributed by atoms with Gasteiger partial charge in [-0.2, -0.15) is 0 Å². The zero-order chi connectivity index (χ0) is 46.7. The van der Waals surface area contributed by atoms with Crippen LogP contribution in [0.5, 0.6) is 0 Å². The topological polar surface area (TPSA) is 413 Å². The van der Waals surface area contributed by atoms with Gasteiger partial charge in [0.1, 0.15) is 73.9 Å². The van der Waals surface area contributed by atoms with Crippen molar-refractivity contribution in [2.24, 2.45) is 27.6 Å². The predicted molar refractivity (Wildman–Crippen MR) is 213 cm³/mol. The number of aliphatic hydroxyl groups excluding tert-OH is 10. The van der Waals surface area contributed by atoms with E-state index in [0.29, 0.717) is 37.5 Å². The third-order valence-electron chi connectivity index (χ3n) is 11.5. The van der Waals surface area contributed by atoms with Gasteiger partial charge in [0.15, 0.2) is 30.5 Å². The highest BCUT2D eigenvalue weighted by Gasteiger charge is 2.75. The standard InChI is InChI=1S/C37H60N7O20/c38-33(57)34-41-11-18-19(12-42-34)37(18)32(56)27(51)22(64-37)15-59-16-23(47)40-4-8-43(5-1-3-39-24(48)17-61-36-31(55)29(53)26(50)21(14-46)63-36)6-2-7-44(58)9-10-60-35-30(54)28(52)25(49)20(13-45)62-35/h11,15,18-21,25-32,35-36,45-46,49-56H,1-10,12-14,16-17H2,(H2,38,57)(H,39,48)(H,40,47)/q-1/b22-15+/t18?,19?,20?,21?,25?,26?,27-,28?,29?,30?,31?,32-,35?,36?,37+/m1/s1. The second kappa shape index (κ2) is 23.7. The van der Waals surface area contributed by atoms with Crippen molar-refractivity contribution in [3.05, 3.63) is 17.2 Å². The van der Waals surface area contributed by atoms with E-state index in [1.807, 2.05) is 4.90 Å². The third-order valence-corrected chi connectivity index (χ3v) is 11.5. The highest BCUT2D eigenvalue weighted by molar-refractivity contribution is 6.38. The van der Waals surface area contributed by atoms with Crippen LogP contribution in [0.3, 0.4) is 0 Å². The van der Waals surface area contributed by atoms with E-state index in [1.54, 1.807) is 0 Å². The molecule has 0 aromatic rings. The zero-order valence-corrected chi connectivity index (χ0v) is 34.8. The molecule has 27 heteroatoms. The molecular formula is C37H60N7O20-. The van der Waals surface area contributed by atoms with Crippen molar-refractivity contribution in [3.8, 4) is 0 Å². The van der Waals surface area contributed by atoms with E-state index in [2.05, 4.69) is 20.6 Å². The lowest BCUT2D eigenvalue weighted by Crippen LogP contribution is -2.59. The number of amidine groups is 1. The Kier molecular flexibility index (Phi) is 19.1. The number of rotatable bonds is 24. The van der Waals surface area contributed by atoms with E-state index < -0.39 is 129 Å². The van der Waals surface area contributed by atoms with Crippen molar-refractivity contribution >= 4 is 29.8 Å². The Morgan fingerprint density at radius 3 is 2.06 bits per heavy atom. The number of hydroxylamine groups is 2. The van der Waals surface area contributed by atoms with E-state index in [9.17, 15) is 70.7 Å². The number of aliphatic imine (C=N–C) groups is 2. The molecule has 4 aliphatic heterocycles. The van der Waals surface area contributed by atoms with Gasteiger partial charge in [0.05, 0.1) is 19.8 Å². The molecule has 14 N–H and O–H groups in total. The van der Waals surface area contributed by atoms with Gasteiger partial charge in [0.2, 0.25) is 11.7 Å². The summed E-state index contributed by atoms with van der Waals surface area (Å²) >= 11 is 0. The molecule has 364 valence electrons. The minimum absolute atomic E-state index is 0.0370. The molecule has 5 aliphatic rings. The van der Waals surface area contributed by atoms with Crippen molar-refractivity contribution in [1.82, 2.24) is 20.6 Å². The highest BCUT2D eigenvalue weighted by atomic mass is 16.7. The molecule has 12 unspecified atom stereocenters. The maximum Gasteiger partial charge on any atom is 0.286 e. The lowest BCUT2D eigenvalue weighted by atomic mass is 9.99. The number of aliphatic hydroxyl groups is 10. The summed E-state index contributed by atoms with van der Waals surface area (Å²) in [7, 11) is 0. The first-order chi connectivity index (χ1) is 30.5. The molecule has 0 radical (unpaired) electrons. The minimum Gasteiger partial charge on any atom is -0.785 e. The first-order valence-corrected chi connectivity index (χ1v) is 20.8. The molecule has 3 saturated heterocycles. The third kappa shape index (κ3) is 12.6. The lowest BCUT2D eigenvalue weighted by Gasteiger charge is -2.40. The van der Waals surface area contributed by atoms with Gasteiger partial charge in [-0.1, -0.05) is 0 Å². The molecule has 1 saturated carbocycles. The Labute approximate surface area is 366 Å². The van der Waals surface area contributed by atoms with Crippen molar-refractivity contribution in [1.29, 1.82) is 0 Å². The number of carbonyl (C=O) groups is 3. The van der Waals surface area contributed by atoms with E-state index in [1.165, 1.54) is 6.21 Å². The molecule has 4 fully saturated rings. The number of nitrogens with zero attached hydrogens (tertiary/aromatic N) is 4. The summed E-state index contributed by atoms with van der Waals surface area (Å²) in [6.07, 6.45) is -14.6. The predicted octanol–water partition coefficient (Wildman–Crippen LogP) is -8.70. The van der Waals surface area contributed by atoms with Gasteiger partial charge in [-0.05, 0) is 32.5 Å². The van der Waals surface area contributed by atoms with Crippen molar-refractivity contribution < 1.29 is 93.9 Å². The molecule has 4 heterocycles. The first-order valence-electron chi connectivity index (χ1n) is 20.8. The van der Waals surface area contributed by atoms with Crippen LogP contribution in [0.2, 0.25) is 0 Å². The summed E-state index contributed by atoms with van der Waals surface area (Å²) in [4.78, 5) is 46.5. The Morgan fingerprint density at radius 2 is 1.42 bits per heavy atom. The van der Waals surface area contributed by atoms with Crippen LogP contribution in [0.1, 0.15) is 12.8 Å². The molecule has 0 aromatic carbocycles. The number of hydrogen-bond acceptors (Lipinski definition) is 24. The summed E-state index contributed by atoms with van der Waals surface area (Å²) in [5, 5.41) is 119. The fourth-order valence-electron chi connectivity index (χ4n) is 7.80. The fraction of sp³-hybridized carbons (Fsp3) is 0.811. The molecule has 5 rings (SSSR count). The molecular weight excluding hydrogens is 862 g/mol. The number of hydrogen-bond donors (Lipinski definition) is 13. The summed E-state index contributed by atoms with van der Waals surface area (Å²) in [5.74, 6) is -3.03. The van der Waals surface area contributed by atoms with Gasteiger partial charge in [-0.15, -0.1) is 0 Å². The monoisotopic (exact) mass is 922 g/mol. The van der Waals surface area contributed by atoms with Crippen LogP contribution >= 0.6 is 0 Å². The average Bonchev–Trinajstić information content (AvgIpc) is 3.89. The Morgan fingerprint density at radius 1 is 0.812 bits per heavy atom. The van der Waals surface area contributed by atoms with Gasteiger partial charge >= 0.3 is 0 Å². The molecule has 0 bridgehead atoms. The van der Waals surface area contributed by atoms with Gasteiger partial charge in [0, 0.05) is 50.8 Å². The number of amides is 3. The second-order valence-electron chi connectivity index (χ2n) is 15.9. The van der Waals surface area contributed by atoms with Gasteiger partial charge in [-0.25, -0.2) is 4.99 Å². The van der Waals surface area contributed by atoms with Gasteiger partial charge in [-0.3, -0.25) is 19.4 Å². The number of primary amides is 1. The largest absolute Gasteiger partial charge is 0.785 e. The van der Waals surface area contributed by atoms with Gasteiger partial charge < -0.3 is 111 Å². The van der Waals surface area contributed by atoms with E-state index in [0.717, 1.165) is 6.26 Å². The lowest BCUT2D eigenvalue weighted by molar-refractivity contribution is -0.301. The summed E-state index contributed by atoms with van der Waals surface area (Å²) in [6.45, 7) is -1.28. The van der Waals surface area contributed by atoms with E-state index >= 15 is 0 Å². The number of nitrogens with two attached hydrogens (primary N) is 1. The van der Waals surface area contributed by atoms with Crippen molar-refractivity contribution in [3.63, 3.8) is 0 Å². The van der Waals surface area contributed by atoms with Crippen LogP contribution in [-0.4, -0.2) is 255 Å². The average molecular weight is 923 g/mol. The first kappa shape index (κ1) is 51.4. The quantitative estimate of drug-likeness (QED) is 0.0243. The zero-order valence-electron chi connectivity index (χ0n) is 34.8. The maximum atomic E-state index is 12.7. The Bertz CT molecular complexity index is 1640. The normalized spacial score (nSPS) is 36.4. The van der Waals surface area contributed by atoms with Crippen LogP contribution in [0.4, 0.5) is 0 Å². The number of ether oxygens (including phenoxy) is 6. The molecule has 15 atom stereocenters. The fourth-order valence-corrected chi connectivity index (χ4v) is 7.80. The highest BCUT2D eigenvalue weighted by Crippen LogP contribution is 2.60. The van der Waals surface area contributed by atoms with E-state index in [-0.39, 0.29) is 56.8 Å². The molecule has 27 nitrogen and oxygen atoms in total. The van der Waals surface area contributed by atoms with Gasteiger partial charge in [0.25, 0.3) is 11.8 Å². The molecule has 3 amide bonds. The summed E-state index contributed by atoms with van der Waals surface area (Å²) < 4.78 is 32.4. The molecule has 0 aromatic heterocycles. The Balaban J connectivity index is 1.04. The minimum atomic E-state index is -1.68. The molecule has 1 spiro atoms. The Hall–Kier alpha value is -3.59. The number of carbonyl (C=O) groups excluding carboxylic acids is 3. The number of nitrogens with one attached hydrogen (secondary N) is 2. The van der Waals surface area contributed by atoms with Crippen LogP contribution in [-0.2, 0) is 42.8 Å². The summed E-state index contributed by atoms with van der Waals surface area (Å²) in [5.41, 5.74) is 4.02. The number of fused-ring (bicyclic) bond motifs is 3. The maximum absolute atomic E-state index is 12.7. The molecule has 64 heavy (non-hydrogen) atoms. The van der Waals surface area contributed by atoms with Crippen molar-refractivity contribution in [2.75, 3.05) is 85.4 Å². The smallest absolute Gasteiger partial charge is 0.286 e. The second-order valence-corrected chi connectivity index (χ2v) is 15.9. The van der Waals surface area contributed by atoms with Crippen molar-refractivity contribution in [2.45, 2.75) is 92.1 Å². The summed E-state index contributed by atoms with van der Waals surface area (Å²) in [6, 6.07) is 0. The van der Waals surface area contributed by atoms with Crippen LogP contribution in [0.15, 0.2) is 22.0 Å². The molecule has 1 aliphatic carbocycles. The van der Waals surface area contributed by atoms with Crippen LogP contribution in [0.25, 0.3) is 0 Å². The SMILES string of the molecule is NC(=O)C1=NCC2C(C=N1)[C@]21O/C(=C/OCC(=O)NCCN(CCCNC(=O)COC2OC(CO)C(O)C(O)C2O)CCCN([O-])CCOC2OC(CO)C(O)C(O)C2O)[C@@H](O)[C@H]1O. The van der Waals surface area contributed by atoms with E-state index in [4.69, 9.17) is 34.2 Å². The van der Waals surface area contributed by atoms with Crippen LogP contribution in [0, 0.1) is 17.0 Å².